The molecule has 2 aliphatic heterocycles. The van der Waals surface area contributed by atoms with Gasteiger partial charge in [-0.15, -0.1) is 0 Å². The largest absolute Gasteiger partial charge is 0.378 e. The van der Waals surface area contributed by atoms with Crippen molar-refractivity contribution >= 4 is 0 Å². The lowest BCUT2D eigenvalue weighted by atomic mass is 9.97. The maximum Gasteiger partial charge on any atom is 0.0636 e. The van der Waals surface area contributed by atoms with Crippen molar-refractivity contribution in [3.8, 4) is 0 Å². The van der Waals surface area contributed by atoms with Gasteiger partial charge in [-0.25, -0.2) is 5.01 Å². The van der Waals surface area contributed by atoms with Gasteiger partial charge in [0.25, 0.3) is 0 Å². The molecule has 2 saturated heterocycles. The number of nitrogens with two attached hydrogens (primary N) is 1. The molecule has 0 aromatic rings. The molecule has 2 rings (SSSR count). The molecule has 0 aliphatic carbocycles. The summed E-state index contributed by atoms with van der Waals surface area (Å²) in [6, 6.07) is 1.01. The maximum absolute atomic E-state index is 5.84. The van der Waals surface area contributed by atoms with E-state index in [0.29, 0.717) is 12.1 Å². The lowest BCUT2D eigenvalue weighted by Gasteiger charge is -2.42. The molecule has 0 saturated carbocycles. The highest BCUT2D eigenvalue weighted by atomic mass is 16.5. The summed E-state index contributed by atoms with van der Waals surface area (Å²) in [5.74, 6) is 5.84. The van der Waals surface area contributed by atoms with Crippen molar-refractivity contribution in [3.05, 3.63) is 0 Å². The van der Waals surface area contributed by atoms with Crippen molar-refractivity contribution in [2.45, 2.75) is 31.3 Å². The summed E-state index contributed by atoms with van der Waals surface area (Å²) in [6.07, 6.45) is 3.76. The fraction of sp³-hybridized carbons (Fsp3) is 1.00. The molecule has 2 N–H and O–H groups in total. The average molecular weight is 142 g/mol. The Kier molecular flexibility index (Phi) is 1.64. The van der Waals surface area contributed by atoms with Crippen LogP contribution < -0.4 is 5.84 Å². The van der Waals surface area contributed by atoms with Crippen LogP contribution in [0.3, 0.4) is 0 Å². The Morgan fingerprint density at radius 1 is 1.20 bits per heavy atom. The molecule has 0 aromatic carbocycles. The fourth-order valence-electron chi connectivity index (χ4n) is 1.86. The molecule has 2 atom stereocenters. The molecule has 0 spiro atoms. The van der Waals surface area contributed by atoms with E-state index in [2.05, 4.69) is 0 Å². The highest BCUT2D eigenvalue weighted by Crippen LogP contribution is 2.23. The van der Waals surface area contributed by atoms with Gasteiger partial charge in [-0.05, 0) is 12.8 Å². The average Bonchev–Trinajstić information content (AvgIpc) is 1.86. The van der Waals surface area contributed by atoms with Crippen LogP contribution in [0.4, 0.5) is 0 Å². The second kappa shape index (κ2) is 2.49. The van der Waals surface area contributed by atoms with Gasteiger partial charge >= 0.3 is 0 Å². The second-order valence-electron chi connectivity index (χ2n) is 3.22. The van der Waals surface area contributed by atoms with E-state index < -0.39 is 0 Å². The van der Waals surface area contributed by atoms with Crippen molar-refractivity contribution in [2.24, 2.45) is 5.84 Å². The molecular formula is C7H14N2O. The van der Waals surface area contributed by atoms with E-state index in [9.17, 15) is 0 Å². The monoisotopic (exact) mass is 142 g/mol. The van der Waals surface area contributed by atoms with Crippen LogP contribution in [0, 0.1) is 0 Å². The van der Waals surface area contributed by atoms with Gasteiger partial charge in [0.1, 0.15) is 0 Å². The second-order valence-corrected chi connectivity index (χ2v) is 3.22. The SMILES string of the molecule is NN1C2CCCC1COC2. The lowest BCUT2D eigenvalue weighted by molar-refractivity contribution is -0.0740. The van der Waals surface area contributed by atoms with E-state index in [1.165, 1.54) is 19.3 Å². The topological polar surface area (TPSA) is 38.5 Å². The van der Waals surface area contributed by atoms with Gasteiger partial charge in [0.05, 0.1) is 13.2 Å². The Hall–Kier alpha value is -0.120. The number of fused-ring (bicyclic) bond motifs is 2. The molecule has 2 unspecified atom stereocenters. The number of hydrogen-bond acceptors (Lipinski definition) is 3. The van der Waals surface area contributed by atoms with Crippen LogP contribution in [-0.2, 0) is 4.74 Å². The summed E-state index contributed by atoms with van der Waals surface area (Å²) >= 11 is 0. The van der Waals surface area contributed by atoms with Gasteiger partial charge in [-0.2, -0.15) is 0 Å². The van der Waals surface area contributed by atoms with Crippen molar-refractivity contribution in [1.82, 2.24) is 5.01 Å². The molecule has 58 valence electrons. The minimum absolute atomic E-state index is 0.507. The van der Waals surface area contributed by atoms with E-state index >= 15 is 0 Å². The Labute approximate surface area is 61.1 Å². The Morgan fingerprint density at radius 2 is 1.80 bits per heavy atom. The molecule has 3 nitrogen and oxygen atoms in total. The van der Waals surface area contributed by atoms with Gasteiger partial charge < -0.3 is 4.74 Å². The third-order valence-corrected chi connectivity index (χ3v) is 2.54. The number of rotatable bonds is 0. The van der Waals surface area contributed by atoms with Gasteiger partial charge in [0.15, 0.2) is 0 Å². The van der Waals surface area contributed by atoms with Crippen molar-refractivity contribution in [2.75, 3.05) is 13.2 Å². The summed E-state index contributed by atoms with van der Waals surface area (Å²) in [5, 5.41) is 1.99. The number of hydrogen-bond donors (Lipinski definition) is 1. The summed E-state index contributed by atoms with van der Waals surface area (Å²) in [4.78, 5) is 0. The third kappa shape index (κ3) is 0.944. The van der Waals surface area contributed by atoms with Crippen LogP contribution in [0.25, 0.3) is 0 Å². The minimum Gasteiger partial charge on any atom is -0.378 e. The first-order chi connectivity index (χ1) is 4.88. The highest BCUT2D eigenvalue weighted by molar-refractivity contribution is 4.84. The predicted molar refractivity (Wildman–Crippen MR) is 38.3 cm³/mol. The van der Waals surface area contributed by atoms with E-state index in [4.69, 9.17) is 10.6 Å². The van der Waals surface area contributed by atoms with Crippen LogP contribution >= 0.6 is 0 Å². The van der Waals surface area contributed by atoms with Crippen LogP contribution in [0.1, 0.15) is 19.3 Å². The Morgan fingerprint density at radius 3 is 2.30 bits per heavy atom. The van der Waals surface area contributed by atoms with Crippen molar-refractivity contribution in [1.29, 1.82) is 0 Å². The molecule has 0 amide bonds. The molecule has 0 radical (unpaired) electrons. The smallest absolute Gasteiger partial charge is 0.0636 e. The van der Waals surface area contributed by atoms with Gasteiger partial charge in [0, 0.05) is 12.1 Å². The molecule has 0 aromatic heterocycles. The zero-order chi connectivity index (χ0) is 6.97. The summed E-state index contributed by atoms with van der Waals surface area (Å²) in [7, 11) is 0. The fourth-order valence-corrected chi connectivity index (χ4v) is 1.86. The standard InChI is InChI=1S/C7H14N2O/c8-9-6-2-1-3-7(9)5-10-4-6/h6-7H,1-5,8H2. The first-order valence-corrected chi connectivity index (χ1v) is 3.98. The van der Waals surface area contributed by atoms with Crippen LogP contribution in [-0.4, -0.2) is 30.3 Å². The molecule has 10 heavy (non-hydrogen) atoms. The van der Waals surface area contributed by atoms with Crippen LogP contribution in [0.5, 0.6) is 0 Å². The number of piperidine rings is 1. The summed E-state index contributed by atoms with van der Waals surface area (Å²) in [5.41, 5.74) is 0. The molecular weight excluding hydrogens is 128 g/mol. The molecule has 2 aliphatic rings. The number of hydrazine groups is 1. The number of ether oxygens (including phenoxy) is 1. The number of morpholine rings is 1. The van der Waals surface area contributed by atoms with E-state index in [-0.39, 0.29) is 0 Å². The van der Waals surface area contributed by atoms with Crippen molar-refractivity contribution < 1.29 is 4.74 Å². The quantitative estimate of drug-likeness (QED) is 0.488. The molecule has 2 bridgehead atoms. The third-order valence-electron chi connectivity index (χ3n) is 2.54. The zero-order valence-corrected chi connectivity index (χ0v) is 6.12. The summed E-state index contributed by atoms with van der Waals surface area (Å²) in [6.45, 7) is 1.68. The van der Waals surface area contributed by atoms with Crippen LogP contribution in [0.15, 0.2) is 0 Å². The lowest BCUT2D eigenvalue weighted by Crippen LogP contribution is -2.58. The van der Waals surface area contributed by atoms with Gasteiger partial charge in [-0.1, -0.05) is 6.42 Å². The van der Waals surface area contributed by atoms with E-state index in [0.717, 1.165) is 13.2 Å². The first kappa shape index (κ1) is 6.58. The van der Waals surface area contributed by atoms with Gasteiger partial charge in [0.2, 0.25) is 0 Å². The zero-order valence-electron chi connectivity index (χ0n) is 6.12. The molecule has 2 fully saturated rings. The molecule has 2 heterocycles. The van der Waals surface area contributed by atoms with E-state index in [1.807, 2.05) is 5.01 Å². The van der Waals surface area contributed by atoms with Crippen LogP contribution in [0.2, 0.25) is 0 Å². The maximum atomic E-state index is 5.84. The summed E-state index contributed by atoms with van der Waals surface area (Å²) < 4.78 is 5.39. The Bertz CT molecular complexity index is 107. The highest BCUT2D eigenvalue weighted by Gasteiger charge is 2.32. The first-order valence-electron chi connectivity index (χ1n) is 3.98. The minimum atomic E-state index is 0.507. The predicted octanol–water partition coefficient (Wildman–Crippen LogP) is 0.113. The normalized spacial score (nSPS) is 41.7. The van der Waals surface area contributed by atoms with E-state index in [1.54, 1.807) is 0 Å². The molecule has 3 heteroatoms. The van der Waals surface area contributed by atoms with Crippen molar-refractivity contribution in [3.63, 3.8) is 0 Å². The number of nitrogens with zero attached hydrogens (tertiary/aromatic N) is 1. The Balaban J connectivity index is 2.05. The van der Waals surface area contributed by atoms with Gasteiger partial charge in [-0.3, -0.25) is 5.84 Å².